The van der Waals surface area contributed by atoms with Crippen LogP contribution in [0.25, 0.3) is 10.6 Å². The molecule has 0 atom stereocenters. The average molecular weight is 424 g/mol. The minimum absolute atomic E-state index is 0.346. The van der Waals surface area contributed by atoms with Crippen molar-refractivity contribution in [2.24, 2.45) is 0 Å². The molecular formula is C18H18ClN3O3S2. The molecule has 1 saturated heterocycles. The number of rotatable bonds is 4. The summed E-state index contributed by atoms with van der Waals surface area (Å²) in [6.45, 7) is 3.98. The summed E-state index contributed by atoms with van der Waals surface area (Å²) in [6.07, 6.45) is 1.55. The molecule has 1 aromatic carbocycles. The Hall–Kier alpha value is -1.87. The van der Waals surface area contributed by atoms with Crippen LogP contribution in [0.5, 0.6) is 0 Å². The molecule has 1 fully saturated rings. The van der Waals surface area contributed by atoms with E-state index in [-0.39, 0.29) is 0 Å². The highest BCUT2D eigenvalue weighted by molar-refractivity contribution is 7.89. The fourth-order valence-corrected chi connectivity index (χ4v) is 6.23. The number of hydrogen-bond donors (Lipinski definition) is 0. The Kier molecular flexibility index (Phi) is 4.98. The first-order chi connectivity index (χ1) is 12.9. The van der Waals surface area contributed by atoms with E-state index in [9.17, 15) is 8.42 Å². The summed E-state index contributed by atoms with van der Waals surface area (Å²) < 4.78 is 33.0. The number of hydrogen-bond acceptors (Lipinski definition) is 6. The Labute approximate surface area is 167 Å². The van der Waals surface area contributed by atoms with Crippen molar-refractivity contribution in [1.82, 2.24) is 9.46 Å². The molecule has 9 heteroatoms. The smallest absolute Gasteiger partial charge is 0.244 e. The Balaban J connectivity index is 1.51. The van der Waals surface area contributed by atoms with Gasteiger partial charge < -0.3 is 9.42 Å². The highest BCUT2D eigenvalue weighted by atomic mass is 35.5. The minimum Gasteiger partial charge on any atom is -0.369 e. The van der Waals surface area contributed by atoms with Crippen LogP contribution in [0.3, 0.4) is 0 Å². The monoisotopic (exact) mass is 423 g/mol. The van der Waals surface area contributed by atoms with Crippen molar-refractivity contribution in [2.45, 2.75) is 11.8 Å². The number of aromatic nitrogens is 1. The lowest BCUT2D eigenvalue weighted by Crippen LogP contribution is -2.48. The van der Waals surface area contributed by atoms with Gasteiger partial charge in [-0.1, -0.05) is 16.8 Å². The van der Waals surface area contributed by atoms with Gasteiger partial charge in [0.2, 0.25) is 10.0 Å². The number of nitrogens with zero attached hydrogens (tertiary/aromatic N) is 3. The van der Waals surface area contributed by atoms with Gasteiger partial charge in [-0.05, 0) is 37.3 Å². The number of anilines is 1. The normalized spacial score (nSPS) is 16.0. The van der Waals surface area contributed by atoms with E-state index in [1.54, 1.807) is 22.6 Å². The van der Waals surface area contributed by atoms with Crippen molar-refractivity contribution in [1.29, 1.82) is 0 Å². The summed E-state index contributed by atoms with van der Waals surface area (Å²) in [4.78, 5) is 4.03. The van der Waals surface area contributed by atoms with Crippen LogP contribution in [0.4, 0.5) is 5.69 Å². The predicted molar refractivity (Wildman–Crippen MR) is 107 cm³/mol. The molecule has 1 aliphatic heterocycles. The van der Waals surface area contributed by atoms with Crippen molar-refractivity contribution in [3.63, 3.8) is 0 Å². The molecule has 3 heterocycles. The van der Waals surface area contributed by atoms with Crippen LogP contribution in [0, 0.1) is 6.92 Å². The highest BCUT2D eigenvalue weighted by Crippen LogP contribution is 2.35. The molecule has 2 aromatic heterocycles. The van der Waals surface area contributed by atoms with E-state index in [4.69, 9.17) is 16.1 Å². The maximum absolute atomic E-state index is 13.1. The number of halogens is 1. The first-order valence-corrected chi connectivity index (χ1v) is 11.1. The topological polar surface area (TPSA) is 66.7 Å². The van der Waals surface area contributed by atoms with Gasteiger partial charge in [0.15, 0.2) is 5.76 Å². The van der Waals surface area contributed by atoms with Gasteiger partial charge >= 0.3 is 0 Å². The third-order valence-corrected chi connectivity index (χ3v) is 8.07. The second kappa shape index (κ2) is 7.27. The SMILES string of the molecule is Cc1sc(-c2ccno2)cc1S(=O)(=O)N1CCN(c2ccc(Cl)cc2)CC1. The lowest BCUT2D eigenvalue weighted by molar-refractivity contribution is 0.385. The molecule has 0 bridgehead atoms. The minimum atomic E-state index is -3.54. The second-order valence-corrected chi connectivity index (χ2v) is 9.87. The number of piperazine rings is 1. The Bertz CT molecular complexity index is 1020. The van der Waals surface area contributed by atoms with Crippen molar-refractivity contribution >= 4 is 38.6 Å². The molecule has 4 rings (SSSR count). The lowest BCUT2D eigenvalue weighted by Gasteiger charge is -2.35. The summed E-state index contributed by atoms with van der Waals surface area (Å²) in [7, 11) is -3.54. The van der Waals surface area contributed by atoms with Crippen LogP contribution in [0.15, 0.2) is 52.0 Å². The van der Waals surface area contributed by atoms with Gasteiger partial charge in [-0.25, -0.2) is 8.42 Å². The Morgan fingerprint density at radius 1 is 1.11 bits per heavy atom. The molecule has 0 unspecified atom stereocenters. The van der Waals surface area contributed by atoms with E-state index in [1.165, 1.54) is 11.3 Å². The zero-order valence-corrected chi connectivity index (χ0v) is 17.0. The zero-order valence-electron chi connectivity index (χ0n) is 14.6. The Morgan fingerprint density at radius 3 is 2.44 bits per heavy atom. The van der Waals surface area contributed by atoms with Gasteiger partial charge in [-0.3, -0.25) is 0 Å². The third kappa shape index (κ3) is 3.62. The third-order valence-electron chi connectivity index (χ3n) is 4.60. The predicted octanol–water partition coefficient (Wildman–Crippen LogP) is 3.88. The van der Waals surface area contributed by atoms with E-state index >= 15 is 0 Å². The molecule has 0 saturated carbocycles. The molecule has 0 amide bonds. The van der Waals surface area contributed by atoms with Crippen LogP contribution < -0.4 is 4.90 Å². The second-order valence-electron chi connectivity index (χ2n) is 6.28. The number of thiophene rings is 1. The van der Waals surface area contributed by atoms with Crippen LogP contribution in [0.1, 0.15) is 4.88 Å². The van der Waals surface area contributed by atoms with E-state index < -0.39 is 10.0 Å². The molecule has 0 aliphatic carbocycles. The Morgan fingerprint density at radius 2 is 1.81 bits per heavy atom. The molecular weight excluding hydrogens is 406 g/mol. The van der Waals surface area contributed by atoms with Crippen LogP contribution >= 0.6 is 22.9 Å². The molecule has 6 nitrogen and oxygen atoms in total. The van der Waals surface area contributed by atoms with Gasteiger partial charge in [0.1, 0.15) is 0 Å². The van der Waals surface area contributed by atoms with E-state index in [0.717, 1.165) is 15.4 Å². The van der Waals surface area contributed by atoms with Gasteiger partial charge in [0.05, 0.1) is 16.0 Å². The lowest BCUT2D eigenvalue weighted by atomic mass is 10.2. The van der Waals surface area contributed by atoms with E-state index in [2.05, 4.69) is 10.1 Å². The van der Waals surface area contributed by atoms with E-state index in [0.29, 0.717) is 41.9 Å². The highest BCUT2D eigenvalue weighted by Gasteiger charge is 2.31. The molecule has 0 spiro atoms. The maximum Gasteiger partial charge on any atom is 0.244 e. The summed E-state index contributed by atoms with van der Waals surface area (Å²) in [6, 6.07) is 11.0. The molecule has 1 aliphatic rings. The van der Waals surface area contributed by atoms with Crippen molar-refractivity contribution in [3.8, 4) is 10.6 Å². The van der Waals surface area contributed by atoms with Gasteiger partial charge in [0, 0.05) is 47.8 Å². The van der Waals surface area contributed by atoms with Crippen LogP contribution in [-0.2, 0) is 10.0 Å². The molecule has 27 heavy (non-hydrogen) atoms. The zero-order chi connectivity index (χ0) is 19.0. The van der Waals surface area contributed by atoms with Gasteiger partial charge in [0.25, 0.3) is 0 Å². The summed E-state index contributed by atoms with van der Waals surface area (Å²) in [5.41, 5.74) is 1.05. The largest absolute Gasteiger partial charge is 0.369 e. The average Bonchev–Trinajstić information content (AvgIpc) is 3.32. The maximum atomic E-state index is 13.1. The fourth-order valence-electron chi connectivity index (χ4n) is 3.16. The van der Waals surface area contributed by atoms with Gasteiger partial charge in [-0.15, -0.1) is 11.3 Å². The van der Waals surface area contributed by atoms with Crippen molar-refractivity contribution in [2.75, 3.05) is 31.1 Å². The number of aryl methyl sites for hydroxylation is 1. The first-order valence-electron chi connectivity index (χ1n) is 8.47. The first kappa shape index (κ1) is 18.5. The van der Waals surface area contributed by atoms with Crippen LogP contribution in [0.2, 0.25) is 5.02 Å². The van der Waals surface area contributed by atoms with Crippen molar-refractivity contribution < 1.29 is 12.9 Å². The molecule has 0 N–H and O–H groups in total. The fraction of sp³-hybridized carbons (Fsp3) is 0.278. The van der Waals surface area contributed by atoms with E-state index in [1.807, 2.05) is 31.2 Å². The molecule has 0 radical (unpaired) electrons. The van der Waals surface area contributed by atoms with Crippen molar-refractivity contribution in [3.05, 3.63) is 52.5 Å². The summed E-state index contributed by atoms with van der Waals surface area (Å²) in [5.74, 6) is 0.581. The standard InChI is InChI=1S/C18H18ClN3O3S2/c1-13-18(12-17(26-13)16-6-7-20-25-16)27(23,24)22-10-8-21(9-11-22)15-4-2-14(19)3-5-15/h2-7,12H,8-11H2,1H3. The summed E-state index contributed by atoms with van der Waals surface area (Å²) >= 11 is 7.34. The van der Waals surface area contributed by atoms with Gasteiger partial charge in [-0.2, -0.15) is 4.31 Å². The molecule has 142 valence electrons. The number of benzene rings is 1. The van der Waals surface area contributed by atoms with Crippen LogP contribution in [-0.4, -0.2) is 44.1 Å². The number of sulfonamides is 1. The quantitative estimate of drug-likeness (QED) is 0.637. The summed E-state index contributed by atoms with van der Waals surface area (Å²) in [5, 5.41) is 4.38. The molecule has 3 aromatic rings.